The number of carbonyl (C=O) groups is 2. The minimum absolute atomic E-state index is 0.0181. The predicted octanol–water partition coefficient (Wildman–Crippen LogP) is 0.356. The average Bonchev–Trinajstić information content (AvgIpc) is 2.83. The summed E-state index contributed by atoms with van der Waals surface area (Å²) in [5, 5.41) is 0. The quantitative estimate of drug-likeness (QED) is 0.795. The van der Waals surface area contributed by atoms with E-state index in [1.54, 1.807) is 18.6 Å². The molecule has 0 aliphatic carbocycles. The van der Waals surface area contributed by atoms with Crippen molar-refractivity contribution in [3.05, 3.63) is 18.6 Å². The molecule has 24 heavy (non-hydrogen) atoms. The molecule has 0 saturated carbocycles. The zero-order valence-electron chi connectivity index (χ0n) is 13.5. The smallest absolute Gasteiger partial charge is 0.410 e. The van der Waals surface area contributed by atoms with E-state index in [0.717, 1.165) is 38.3 Å². The van der Waals surface area contributed by atoms with Crippen LogP contribution >= 0.6 is 0 Å². The Labute approximate surface area is 140 Å². The molecule has 8 heteroatoms. The van der Waals surface area contributed by atoms with Gasteiger partial charge in [-0.1, -0.05) is 0 Å². The lowest BCUT2D eigenvalue weighted by Crippen LogP contribution is -2.51. The van der Waals surface area contributed by atoms with Crippen LogP contribution in [-0.2, 0) is 9.53 Å². The molecule has 4 aliphatic heterocycles. The third kappa shape index (κ3) is 2.88. The van der Waals surface area contributed by atoms with Gasteiger partial charge in [-0.05, 0) is 18.8 Å². The number of anilines is 1. The summed E-state index contributed by atoms with van der Waals surface area (Å²) in [7, 11) is 0. The number of rotatable bonds is 3. The van der Waals surface area contributed by atoms with Gasteiger partial charge in [-0.3, -0.25) is 14.7 Å². The second-order valence-electron chi connectivity index (χ2n) is 6.65. The highest BCUT2D eigenvalue weighted by Gasteiger charge is 2.38. The third-order valence-electron chi connectivity index (χ3n) is 5.08. The summed E-state index contributed by atoms with van der Waals surface area (Å²) in [6, 6.07) is 0.164. The molecule has 0 unspecified atom stereocenters. The van der Waals surface area contributed by atoms with Crippen molar-refractivity contribution < 1.29 is 14.3 Å². The number of hydrogen-bond acceptors (Lipinski definition) is 6. The molecule has 0 N–H and O–H groups in total. The van der Waals surface area contributed by atoms with Gasteiger partial charge in [-0.25, -0.2) is 9.78 Å². The first-order chi connectivity index (χ1) is 11.7. The fraction of sp³-hybridized carbons (Fsp3) is 0.625. The van der Waals surface area contributed by atoms with Crippen LogP contribution in [-0.4, -0.2) is 77.1 Å². The number of cyclic esters (lactones) is 1. The highest BCUT2D eigenvalue weighted by Crippen LogP contribution is 2.30. The second kappa shape index (κ2) is 6.26. The van der Waals surface area contributed by atoms with Gasteiger partial charge < -0.3 is 14.5 Å². The van der Waals surface area contributed by atoms with Crippen LogP contribution in [0.3, 0.4) is 0 Å². The van der Waals surface area contributed by atoms with Gasteiger partial charge in [0.15, 0.2) is 0 Å². The zero-order valence-corrected chi connectivity index (χ0v) is 13.5. The number of aromatic nitrogens is 2. The standard InChI is InChI=1S/C16H21N5O3/c22-15(11-19-5-6-24-16(19)23)21-9-12-1-2-13(21)10-20(8-12)14-7-17-3-4-18-14/h3-4,7,12-13H,1-2,5-6,8-11H2/t12-,13+/m0/s1. The molecule has 8 nitrogen and oxygen atoms in total. The molecule has 2 atom stereocenters. The first-order valence-electron chi connectivity index (χ1n) is 8.43. The SMILES string of the molecule is O=C1OCCN1CC(=O)N1C[C@H]2CC[C@@H]1CN(c1cnccn1)C2. The van der Waals surface area contributed by atoms with Crippen molar-refractivity contribution in [3.63, 3.8) is 0 Å². The molecule has 0 radical (unpaired) electrons. The van der Waals surface area contributed by atoms with Gasteiger partial charge in [0.25, 0.3) is 0 Å². The van der Waals surface area contributed by atoms with E-state index in [9.17, 15) is 9.59 Å². The van der Waals surface area contributed by atoms with Gasteiger partial charge in [0, 0.05) is 38.1 Å². The van der Waals surface area contributed by atoms with Crippen LogP contribution in [0.4, 0.5) is 10.6 Å². The van der Waals surface area contributed by atoms with E-state index in [1.807, 2.05) is 4.90 Å². The second-order valence-corrected chi connectivity index (χ2v) is 6.65. The Hall–Kier alpha value is -2.38. The molecule has 1 aromatic rings. The topological polar surface area (TPSA) is 78.9 Å². The molecule has 4 aliphatic rings. The highest BCUT2D eigenvalue weighted by molar-refractivity contribution is 5.83. The van der Waals surface area contributed by atoms with Crippen LogP contribution in [0.15, 0.2) is 18.6 Å². The zero-order chi connectivity index (χ0) is 16.5. The maximum atomic E-state index is 12.7. The Morgan fingerprint density at radius 2 is 2.17 bits per heavy atom. The predicted molar refractivity (Wildman–Crippen MR) is 85.4 cm³/mol. The van der Waals surface area contributed by atoms with E-state index in [-0.39, 0.29) is 24.6 Å². The van der Waals surface area contributed by atoms with Crippen LogP contribution in [0.1, 0.15) is 12.8 Å². The minimum atomic E-state index is -0.385. The lowest BCUT2D eigenvalue weighted by molar-refractivity contribution is -0.135. The molecule has 128 valence electrons. The molecule has 4 saturated heterocycles. The Morgan fingerprint density at radius 3 is 2.92 bits per heavy atom. The molecular weight excluding hydrogens is 310 g/mol. The van der Waals surface area contributed by atoms with Gasteiger partial charge >= 0.3 is 6.09 Å². The van der Waals surface area contributed by atoms with Crippen molar-refractivity contribution in [1.29, 1.82) is 0 Å². The van der Waals surface area contributed by atoms with Gasteiger partial charge in [0.2, 0.25) is 5.91 Å². The van der Waals surface area contributed by atoms with E-state index < -0.39 is 0 Å². The summed E-state index contributed by atoms with van der Waals surface area (Å²) in [6.45, 7) is 3.41. The molecular formula is C16H21N5O3. The van der Waals surface area contributed by atoms with Crippen molar-refractivity contribution in [2.24, 2.45) is 5.92 Å². The van der Waals surface area contributed by atoms with Crippen LogP contribution in [0.2, 0.25) is 0 Å². The van der Waals surface area contributed by atoms with Crippen LogP contribution in [0, 0.1) is 5.92 Å². The summed E-state index contributed by atoms with van der Waals surface area (Å²) >= 11 is 0. The van der Waals surface area contributed by atoms with Crippen LogP contribution in [0.5, 0.6) is 0 Å². The van der Waals surface area contributed by atoms with Gasteiger partial charge in [0.1, 0.15) is 19.0 Å². The number of nitrogens with zero attached hydrogens (tertiary/aromatic N) is 5. The number of ether oxygens (including phenoxy) is 1. The van der Waals surface area contributed by atoms with E-state index in [2.05, 4.69) is 14.9 Å². The first kappa shape index (κ1) is 15.2. The fourth-order valence-electron chi connectivity index (χ4n) is 3.85. The number of carbonyl (C=O) groups excluding carboxylic acids is 2. The summed E-state index contributed by atoms with van der Waals surface area (Å²) in [4.78, 5) is 38.5. The number of piperidine rings is 1. The van der Waals surface area contributed by atoms with E-state index in [0.29, 0.717) is 19.1 Å². The van der Waals surface area contributed by atoms with Crippen molar-refractivity contribution in [2.45, 2.75) is 18.9 Å². The summed E-state index contributed by atoms with van der Waals surface area (Å²) < 4.78 is 4.91. The number of amides is 2. The average molecular weight is 331 g/mol. The van der Waals surface area contributed by atoms with Gasteiger partial charge in [-0.15, -0.1) is 0 Å². The minimum Gasteiger partial charge on any atom is -0.448 e. The van der Waals surface area contributed by atoms with Crippen LogP contribution in [0.25, 0.3) is 0 Å². The number of hydrogen-bond donors (Lipinski definition) is 0. The molecule has 1 aromatic heterocycles. The lowest BCUT2D eigenvalue weighted by atomic mass is 9.95. The van der Waals surface area contributed by atoms with Crippen molar-refractivity contribution in [1.82, 2.24) is 19.8 Å². The molecule has 2 bridgehead atoms. The van der Waals surface area contributed by atoms with Crippen molar-refractivity contribution in [2.75, 3.05) is 44.2 Å². The Morgan fingerprint density at radius 1 is 1.25 bits per heavy atom. The van der Waals surface area contributed by atoms with Crippen LogP contribution < -0.4 is 4.90 Å². The van der Waals surface area contributed by atoms with E-state index >= 15 is 0 Å². The summed E-state index contributed by atoms with van der Waals surface area (Å²) in [5.74, 6) is 1.32. The van der Waals surface area contributed by atoms with E-state index in [1.165, 1.54) is 4.90 Å². The number of fused-ring (bicyclic) bond motifs is 4. The fourth-order valence-corrected chi connectivity index (χ4v) is 3.85. The Bertz CT molecular complexity index is 625. The maximum absolute atomic E-state index is 12.7. The maximum Gasteiger partial charge on any atom is 0.410 e. The summed E-state index contributed by atoms with van der Waals surface area (Å²) in [5.41, 5.74) is 0. The monoisotopic (exact) mass is 331 g/mol. The Balaban J connectivity index is 1.46. The molecule has 5 heterocycles. The molecule has 2 amide bonds. The van der Waals surface area contributed by atoms with Gasteiger partial charge in [0.05, 0.1) is 12.7 Å². The van der Waals surface area contributed by atoms with Crippen molar-refractivity contribution >= 4 is 17.8 Å². The molecule has 4 fully saturated rings. The largest absolute Gasteiger partial charge is 0.448 e. The normalized spacial score (nSPS) is 26.5. The lowest BCUT2D eigenvalue weighted by Gasteiger charge is -2.36. The molecule has 0 spiro atoms. The van der Waals surface area contributed by atoms with Gasteiger partial charge in [-0.2, -0.15) is 0 Å². The van der Waals surface area contributed by atoms with E-state index in [4.69, 9.17) is 4.74 Å². The third-order valence-corrected chi connectivity index (χ3v) is 5.08. The molecule has 5 rings (SSSR count). The summed E-state index contributed by atoms with van der Waals surface area (Å²) in [6.07, 6.45) is 6.88. The Kier molecular flexibility index (Phi) is 3.95. The first-order valence-corrected chi connectivity index (χ1v) is 8.43. The highest BCUT2D eigenvalue weighted by atomic mass is 16.6. The van der Waals surface area contributed by atoms with Crippen molar-refractivity contribution in [3.8, 4) is 0 Å². The molecule has 0 aromatic carbocycles.